The predicted molar refractivity (Wildman–Crippen MR) is 66.0 cm³/mol. The lowest BCUT2D eigenvalue weighted by atomic mass is 9.74. The van der Waals surface area contributed by atoms with E-state index in [2.05, 4.69) is 20.8 Å². The number of nitrogens with two attached hydrogens (primary N) is 1. The van der Waals surface area contributed by atoms with Gasteiger partial charge in [0.1, 0.15) is 0 Å². The molecule has 0 bridgehead atoms. The van der Waals surface area contributed by atoms with Gasteiger partial charge in [-0.05, 0) is 11.8 Å². The minimum atomic E-state index is -0.837. The lowest BCUT2D eigenvalue weighted by molar-refractivity contribution is -0.0613. The molecule has 1 aliphatic rings. The molecule has 2 unspecified atom stereocenters. The average molecular weight is 244 g/mol. The molecule has 1 fully saturated rings. The fourth-order valence-electron chi connectivity index (χ4n) is 2.35. The fraction of sp³-hybridized carbons (Fsp3) is 0.917. The van der Waals surface area contributed by atoms with Gasteiger partial charge in [0.2, 0.25) is 0 Å². The Morgan fingerprint density at radius 2 is 2.18 bits per heavy atom. The topological polar surface area (TPSA) is 75.8 Å². The standard InChI is InChI=1S/C12H24N2O3/c1-12(2,3)9-8-14(11(15)16)6-4-10(9)17-7-5-13/h9-10H,4-8,13H2,1-3H3,(H,15,16). The van der Waals surface area contributed by atoms with E-state index in [1.807, 2.05) is 0 Å². The zero-order valence-corrected chi connectivity index (χ0v) is 11.0. The SMILES string of the molecule is CC(C)(C)C1CN(C(=O)O)CCC1OCCN. The summed E-state index contributed by atoms with van der Waals surface area (Å²) in [5.41, 5.74) is 5.48. The molecule has 0 radical (unpaired) electrons. The van der Waals surface area contributed by atoms with Crippen molar-refractivity contribution in [1.29, 1.82) is 0 Å². The van der Waals surface area contributed by atoms with Crippen molar-refractivity contribution in [2.75, 3.05) is 26.2 Å². The van der Waals surface area contributed by atoms with Crippen molar-refractivity contribution in [1.82, 2.24) is 4.90 Å². The summed E-state index contributed by atoms with van der Waals surface area (Å²) in [5.74, 6) is 0.221. The molecule has 1 rings (SSSR count). The van der Waals surface area contributed by atoms with Crippen LogP contribution in [0.25, 0.3) is 0 Å². The van der Waals surface area contributed by atoms with Gasteiger partial charge in [0.15, 0.2) is 0 Å². The van der Waals surface area contributed by atoms with E-state index in [1.54, 1.807) is 0 Å². The number of amides is 1. The molecule has 0 spiro atoms. The zero-order valence-electron chi connectivity index (χ0n) is 11.0. The molecule has 1 saturated heterocycles. The van der Waals surface area contributed by atoms with Crippen LogP contribution in [-0.2, 0) is 4.74 Å². The van der Waals surface area contributed by atoms with E-state index in [1.165, 1.54) is 4.90 Å². The molecule has 5 nitrogen and oxygen atoms in total. The van der Waals surface area contributed by atoms with E-state index < -0.39 is 6.09 Å². The van der Waals surface area contributed by atoms with Crippen LogP contribution >= 0.6 is 0 Å². The molecule has 0 aromatic heterocycles. The van der Waals surface area contributed by atoms with E-state index >= 15 is 0 Å². The maximum absolute atomic E-state index is 11.0. The summed E-state index contributed by atoms with van der Waals surface area (Å²) in [5, 5.41) is 9.05. The van der Waals surface area contributed by atoms with Gasteiger partial charge < -0.3 is 20.5 Å². The van der Waals surface area contributed by atoms with Crippen molar-refractivity contribution in [3.05, 3.63) is 0 Å². The van der Waals surface area contributed by atoms with Gasteiger partial charge >= 0.3 is 6.09 Å². The van der Waals surface area contributed by atoms with Gasteiger partial charge in [0.25, 0.3) is 0 Å². The van der Waals surface area contributed by atoms with Crippen molar-refractivity contribution in [2.45, 2.75) is 33.3 Å². The molecule has 5 heteroatoms. The van der Waals surface area contributed by atoms with Crippen LogP contribution in [-0.4, -0.2) is 48.4 Å². The number of likely N-dealkylation sites (tertiary alicyclic amines) is 1. The van der Waals surface area contributed by atoms with Crippen LogP contribution in [0.5, 0.6) is 0 Å². The number of hydrogen-bond donors (Lipinski definition) is 2. The molecule has 1 heterocycles. The Balaban J connectivity index is 2.69. The zero-order chi connectivity index (χ0) is 13.1. The third-order valence-corrected chi connectivity index (χ3v) is 3.38. The third-order valence-electron chi connectivity index (χ3n) is 3.38. The Kier molecular flexibility index (Phi) is 4.77. The number of hydrogen-bond acceptors (Lipinski definition) is 3. The van der Waals surface area contributed by atoms with Crippen molar-refractivity contribution < 1.29 is 14.6 Å². The molecule has 0 saturated carbocycles. The fourth-order valence-corrected chi connectivity index (χ4v) is 2.35. The Labute approximate surface area is 103 Å². The highest BCUT2D eigenvalue weighted by atomic mass is 16.5. The number of carboxylic acid groups (broad SMARTS) is 1. The molecule has 0 aromatic rings. The summed E-state index contributed by atoms with van der Waals surface area (Å²) >= 11 is 0. The molecule has 2 atom stereocenters. The second-order valence-corrected chi connectivity index (χ2v) is 5.69. The summed E-state index contributed by atoms with van der Waals surface area (Å²) in [6.07, 6.45) is 0.0412. The summed E-state index contributed by atoms with van der Waals surface area (Å²) in [6.45, 7) is 8.54. The quantitative estimate of drug-likeness (QED) is 0.786. The van der Waals surface area contributed by atoms with Crippen LogP contribution in [0.3, 0.4) is 0 Å². The normalized spacial score (nSPS) is 26.0. The van der Waals surface area contributed by atoms with Crippen molar-refractivity contribution in [2.24, 2.45) is 17.1 Å². The predicted octanol–water partition coefficient (Wildman–Crippen LogP) is 1.38. The lowest BCUT2D eigenvalue weighted by Gasteiger charge is -2.43. The summed E-state index contributed by atoms with van der Waals surface area (Å²) in [7, 11) is 0. The summed E-state index contributed by atoms with van der Waals surface area (Å²) < 4.78 is 5.75. The smallest absolute Gasteiger partial charge is 0.407 e. The first-order valence-electron chi connectivity index (χ1n) is 6.15. The van der Waals surface area contributed by atoms with E-state index in [9.17, 15) is 4.79 Å². The number of rotatable bonds is 3. The van der Waals surface area contributed by atoms with Gasteiger partial charge in [0, 0.05) is 25.6 Å². The van der Waals surface area contributed by atoms with E-state index in [4.69, 9.17) is 15.6 Å². The highest BCUT2D eigenvalue weighted by molar-refractivity contribution is 5.65. The van der Waals surface area contributed by atoms with E-state index in [-0.39, 0.29) is 17.4 Å². The third kappa shape index (κ3) is 3.85. The Morgan fingerprint density at radius 1 is 1.53 bits per heavy atom. The lowest BCUT2D eigenvalue weighted by Crippen LogP contribution is -2.51. The molecular weight excluding hydrogens is 220 g/mol. The van der Waals surface area contributed by atoms with Crippen LogP contribution in [0.2, 0.25) is 0 Å². The number of ether oxygens (including phenoxy) is 1. The second-order valence-electron chi connectivity index (χ2n) is 5.69. The van der Waals surface area contributed by atoms with Gasteiger partial charge in [0.05, 0.1) is 12.7 Å². The van der Waals surface area contributed by atoms with Crippen LogP contribution in [0, 0.1) is 11.3 Å². The molecule has 100 valence electrons. The van der Waals surface area contributed by atoms with Crippen LogP contribution in [0.4, 0.5) is 4.79 Å². The molecular formula is C12H24N2O3. The van der Waals surface area contributed by atoms with Gasteiger partial charge in [-0.1, -0.05) is 20.8 Å². The molecule has 1 aliphatic heterocycles. The van der Waals surface area contributed by atoms with E-state index in [0.29, 0.717) is 26.2 Å². The van der Waals surface area contributed by atoms with Crippen LogP contribution < -0.4 is 5.73 Å². The van der Waals surface area contributed by atoms with Crippen LogP contribution in [0.15, 0.2) is 0 Å². The highest BCUT2D eigenvalue weighted by Crippen LogP contribution is 2.35. The molecule has 1 amide bonds. The molecule has 3 N–H and O–H groups in total. The number of piperidine rings is 1. The van der Waals surface area contributed by atoms with Gasteiger partial charge in [-0.25, -0.2) is 4.79 Å². The minimum absolute atomic E-state index is 0.0351. The van der Waals surface area contributed by atoms with Crippen molar-refractivity contribution >= 4 is 6.09 Å². The van der Waals surface area contributed by atoms with Crippen molar-refractivity contribution in [3.63, 3.8) is 0 Å². The number of carbonyl (C=O) groups is 1. The minimum Gasteiger partial charge on any atom is -0.465 e. The highest BCUT2D eigenvalue weighted by Gasteiger charge is 2.38. The monoisotopic (exact) mass is 244 g/mol. The molecule has 0 aromatic carbocycles. The summed E-state index contributed by atoms with van der Waals surface area (Å²) in [6, 6.07) is 0. The van der Waals surface area contributed by atoms with Gasteiger partial charge in [-0.15, -0.1) is 0 Å². The summed E-state index contributed by atoms with van der Waals surface area (Å²) in [4.78, 5) is 12.5. The van der Waals surface area contributed by atoms with Gasteiger partial charge in [-0.2, -0.15) is 0 Å². The van der Waals surface area contributed by atoms with Gasteiger partial charge in [-0.3, -0.25) is 0 Å². The average Bonchev–Trinajstić information content (AvgIpc) is 2.24. The first kappa shape index (κ1) is 14.3. The Hall–Kier alpha value is -0.810. The molecule has 17 heavy (non-hydrogen) atoms. The van der Waals surface area contributed by atoms with Crippen molar-refractivity contribution in [3.8, 4) is 0 Å². The first-order valence-corrected chi connectivity index (χ1v) is 6.15. The maximum atomic E-state index is 11.0. The van der Waals surface area contributed by atoms with Crippen LogP contribution in [0.1, 0.15) is 27.2 Å². The maximum Gasteiger partial charge on any atom is 0.407 e. The Morgan fingerprint density at radius 3 is 2.65 bits per heavy atom. The number of nitrogens with zero attached hydrogens (tertiary/aromatic N) is 1. The second kappa shape index (κ2) is 5.69. The Bertz CT molecular complexity index is 263. The first-order chi connectivity index (χ1) is 7.86. The largest absolute Gasteiger partial charge is 0.465 e. The van der Waals surface area contributed by atoms with E-state index in [0.717, 1.165) is 6.42 Å². The molecule has 0 aliphatic carbocycles.